The van der Waals surface area contributed by atoms with Gasteiger partial charge in [0.25, 0.3) is 0 Å². The van der Waals surface area contributed by atoms with E-state index in [1.54, 1.807) is 7.11 Å². The first-order valence-electron chi connectivity index (χ1n) is 6.98. The molecular formula is C15H22N2O3. The molecule has 0 bridgehead atoms. The number of carbonyl (C=O) groups excluding carboxylic acids is 1. The fourth-order valence-electron chi connectivity index (χ4n) is 2.18. The Hall–Kier alpha value is -1.59. The third kappa shape index (κ3) is 4.83. The first-order valence-corrected chi connectivity index (χ1v) is 6.98. The van der Waals surface area contributed by atoms with Gasteiger partial charge < -0.3 is 20.1 Å². The molecule has 2 N–H and O–H groups in total. The third-order valence-corrected chi connectivity index (χ3v) is 3.36. The summed E-state index contributed by atoms with van der Waals surface area (Å²) < 4.78 is 10.4. The number of hydrogen-bond donors (Lipinski definition) is 2. The molecule has 2 rings (SSSR count). The minimum atomic E-state index is 0.0467. The quantitative estimate of drug-likeness (QED) is 0.817. The SMILES string of the molecule is COc1ccc(CNCC(=O)NC2CCOCC2)cc1. The Morgan fingerprint density at radius 1 is 1.30 bits per heavy atom. The highest BCUT2D eigenvalue weighted by molar-refractivity contribution is 5.78. The maximum Gasteiger partial charge on any atom is 0.234 e. The lowest BCUT2D eigenvalue weighted by atomic mass is 10.1. The number of carbonyl (C=O) groups is 1. The molecule has 1 aromatic rings. The summed E-state index contributed by atoms with van der Waals surface area (Å²) in [7, 11) is 1.65. The molecule has 1 amide bonds. The molecule has 110 valence electrons. The van der Waals surface area contributed by atoms with Crippen LogP contribution in [-0.4, -0.2) is 38.8 Å². The zero-order valence-electron chi connectivity index (χ0n) is 11.9. The summed E-state index contributed by atoms with van der Waals surface area (Å²) in [5.41, 5.74) is 1.13. The lowest BCUT2D eigenvalue weighted by molar-refractivity contribution is -0.121. The summed E-state index contributed by atoms with van der Waals surface area (Å²) in [6.45, 7) is 2.49. The average Bonchev–Trinajstić information content (AvgIpc) is 2.49. The Labute approximate surface area is 119 Å². The second-order valence-electron chi connectivity index (χ2n) is 4.91. The van der Waals surface area contributed by atoms with Gasteiger partial charge in [0.15, 0.2) is 0 Å². The van der Waals surface area contributed by atoms with E-state index < -0.39 is 0 Å². The lowest BCUT2D eigenvalue weighted by Gasteiger charge is -2.23. The van der Waals surface area contributed by atoms with E-state index in [2.05, 4.69) is 10.6 Å². The fourth-order valence-corrected chi connectivity index (χ4v) is 2.18. The number of rotatable bonds is 6. The molecular weight excluding hydrogens is 256 g/mol. The van der Waals surface area contributed by atoms with Crippen LogP contribution in [0.4, 0.5) is 0 Å². The van der Waals surface area contributed by atoms with Crippen LogP contribution in [-0.2, 0) is 16.1 Å². The van der Waals surface area contributed by atoms with E-state index in [9.17, 15) is 4.79 Å². The number of ether oxygens (including phenoxy) is 2. The molecule has 20 heavy (non-hydrogen) atoms. The summed E-state index contributed by atoms with van der Waals surface area (Å²) in [6.07, 6.45) is 1.81. The van der Waals surface area contributed by atoms with E-state index in [1.165, 1.54) is 0 Å². The van der Waals surface area contributed by atoms with Crippen LogP contribution in [0.5, 0.6) is 5.75 Å². The van der Waals surface area contributed by atoms with Gasteiger partial charge in [-0.05, 0) is 30.5 Å². The molecule has 0 saturated carbocycles. The molecule has 0 aliphatic carbocycles. The van der Waals surface area contributed by atoms with Crippen molar-refractivity contribution in [1.82, 2.24) is 10.6 Å². The monoisotopic (exact) mass is 278 g/mol. The first-order chi connectivity index (χ1) is 9.78. The molecule has 1 aliphatic heterocycles. The van der Waals surface area contributed by atoms with Gasteiger partial charge in [0, 0.05) is 25.8 Å². The van der Waals surface area contributed by atoms with Crippen LogP contribution in [0, 0.1) is 0 Å². The van der Waals surface area contributed by atoms with E-state index in [4.69, 9.17) is 9.47 Å². The maximum absolute atomic E-state index is 11.8. The van der Waals surface area contributed by atoms with Gasteiger partial charge in [0.2, 0.25) is 5.91 Å². The topological polar surface area (TPSA) is 59.6 Å². The van der Waals surface area contributed by atoms with Crippen LogP contribution >= 0.6 is 0 Å². The van der Waals surface area contributed by atoms with Crippen molar-refractivity contribution in [2.24, 2.45) is 0 Å². The number of methoxy groups -OCH3 is 1. The Morgan fingerprint density at radius 2 is 2.00 bits per heavy atom. The minimum absolute atomic E-state index is 0.0467. The predicted octanol–water partition coefficient (Wildman–Crippen LogP) is 1.08. The largest absolute Gasteiger partial charge is 0.497 e. The molecule has 1 heterocycles. The molecule has 5 heteroatoms. The highest BCUT2D eigenvalue weighted by atomic mass is 16.5. The van der Waals surface area contributed by atoms with E-state index in [1.807, 2.05) is 24.3 Å². The van der Waals surface area contributed by atoms with Crippen molar-refractivity contribution in [2.45, 2.75) is 25.4 Å². The summed E-state index contributed by atoms with van der Waals surface area (Å²) in [4.78, 5) is 11.8. The Kier molecular flexibility index (Phi) is 5.83. The molecule has 0 aromatic heterocycles. The predicted molar refractivity (Wildman–Crippen MR) is 76.7 cm³/mol. The summed E-state index contributed by atoms with van der Waals surface area (Å²) >= 11 is 0. The summed E-state index contributed by atoms with van der Waals surface area (Å²) in [6, 6.07) is 8.07. The number of hydrogen-bond acceptors (Lipinski definition) is 4. The van der Waals surface area contributed by atoms with Crippen LogP contribution in [0.2, 0.25) is 0 Å². The Bertz CT molecular complexity index is 414. The van der Waals surface area contributed by atoms with Crippen molar-refractivity contribution >= 4 is 5.91 Å². The second kappa shape index (κ2) is 7.87. The number of nitrogens with one attached hydrogen (secondary N) is 2. The zero-order valence-corrected chi connectivity index (χ0v) is 11.9. The third-order valence-electron chi connectivity index (χ3n) is 3.36. The molecule has 5 nitrogen and oxygen atoms in total. The van der Waals surface area contributed by atoms with Gasteiger partial charge in [-0.25, -0.2) is 0 Å². The maximum atomic E-state index is 11.8. The lowest BCUT2D eigenvalue weighted by Crippen LogP contribution is -2.42. The molecule has 0 spiro atoms. The number of amides is 1. The smallest absolute Gasteiger partial charge is 0.234 e. The highest BCUT2D eigenvalue weighted by Gasteiger charge is 2.15. The van der Waals surface area contributed by atoms with Gasteiger partial charge in [-0.15, -0.1) is 0 Å². The normalized spacial score (nSPS) is 15.8. The van der Waals surface area contributed by atoms with Gasteiger partial charge in [0.05, 0.1) is 13.7 Å². The summed E-state index contributed by atoms with van der Waals surface area (Å²) in [5, 5.41) is 6.17. The molecule has 1 aliphatic rings. The standard InChI is InChI=1S/C15H22N2O3/c1-19-14-4-2-12(3-5-14)10-16-11-15(18)17-13-6-8-20-9-7-13/h2-5,13,16H,6-11H2,1H3,(H,17,18). The van der Waals surface area contributed by atoms with Crippen molar-refractivity contribution in [3.05, 3.63) is 29.8 Å². The van der Waals surface area contributed by atoms with Crippen molar-refractivity contribution in [3.8, 4) is 5.75 Å². The molecule has 1 aromatic carbocycles. The minimum Gasteiger partial charge on any atom is -0.497 e. The highest BCUT2D eigenvalue weighted by Crippen LogP contribution is 2.10. The van der Waals surface area contributed by atoms with Crippen LogP contribution in [0.3, 0.4) is 0 Å². The molecule has 0 unspecified atom stereocenters. The van der Waals surface area contributed by atoms with Crippen molar-refractivity contribution in [1.29, 1.82) is 0 Å². The average molecular weight is 278 g/mol. The molecule has 0 radical (unpaired) electrons. The van der Waals surface area contributed by atoms with Gasteiger partial charge in [0.1, 0.15) is 5.75 Å². The van der Waals surface area contributed by atoms with E-state index >= 15 is 0 Å². The van der Waals surface area contributed by atoms with Crippen molar-refractivity contribution in [3.63, 3.8) is 0 Å². The van der Waals surface area contributed by atoms with Gasteiger partial charge in [-0.3, -0.25) is 4.79 Å². The summed E-state index contributed by atoms with van der Waals surface area (Å²) in [5.74, 6) is 0.886. The second-order valence-corrected chi connectivity index (χ2v) is 4.91. The van der Waals surface area contributed by atoms with Crippen molar-refractivity contribution in [2.75, 3.05) is 26.9 Å². The van der Waals surface area contributed by atoms with Crippen LogP contribution in [0.25, 0.3) is 0 Å². The van der Waals surface area contributed by atoms with E-state index in [-0.39, 0.29) is 11.9 Å². The van der Waals surface area contributed by atoms with E-state index in [0.29, 0.717) is 13.1 Å². The zero-order chi connectivity index (χ0) is 14.2. The van der Waals surface area contributed by atoms with Gasteiger partial charge >= 0.3 is 0 Å². The van der Waals surface area contributed by atoms with Crippen LogP contribution < -0.4 is 15.4 Å². The fraction of sp³-hybridized carbons (Fsp3) is 0.533. The van der Waals surface area contributed by atoms with Gasteiger partial charge in [-0.1, -0.05) is 12.1 Å². The Morgan fingerprint density at radius 3 is 2.65 bits per heavy atom. The van der Waals surface area contributed by atoms with Crippen LogP contribution in [0.1, 0.15) is 18.4 Å². The van der Waals surface area contributed by atoms with Gasteiger partial charge in [-0.2, -0.15) is 0 Å². The van der Waals surface area contributed by atoms with Crippen molar-refractivity contribution < 1.29 is 14.3 Å². The molecule has 1 fully saturated rings. The first kappa shape index (κ1) is 14.8. The van der Waals surface area contributed by atoms with Crippen LogP contribution in [0.15, 0.2) is 24.3 Å². The Balaban J connectivity index is 1.65. The molecule has 1 saturated heterocycles. The number of benzene rings is 1. The molecule has 0 atom stereocenters. The van der Waals surface area contributed by atoms with E-state index in [0.717, 1.165) is 37.4 Å².